The van der Waals surface area contributed by atoms with Crippen LogP contribution in [-0.2, 0) is 10.0 Å². The molecule has 0 spiro atoms. The van der Waals surface area contributed by atoms with E-state index in [2.05, 4.69) is 0 Å². The van der Waals surface area contributed by atoms with Gasteiger partial charge in [-0.15, -0.1) is 0 Å². The predicted molar refractivity (Wildman–Crippen MR) is 98.5 cm³/mol. The predicted octanol–water partition coefficient (Wildman–Crippen LogP) is 2.43. The van der Waals surface area contributed by atoms with Crippen molar-refractivity contribution in [1.82, 2.24) is 4.31 Å². The second-order valence-electron chi connectivity index (χ2n) is 6.38. The van der Waals surface area contributed by atoms with Gasteiger partial charge in [-0.1, -0.05) is 0 Å². The number of ether oxygens (including phenoxy) is 4. The smallest absolute Gasteiger partial charge is 0.343 e. The maximum Gasteiger partial charge on any atom is 0.343 e. The van der Waals surface area contributed by atoms with Crippen LogP contribution in [0.2, 0.25) is 0 Å². The Bertz CT molecular complexity index is 1010. The molecule has 148 valence electrons. The highest BCUT2D eigenvalue weighted by molar-refractivity contribution is 7.89. The van der Waals surface area contributed by atoms with E-state index in [0.29, 0.717) is 24.6 Å². The third-order valence-corrected chi connectivity index (χ3v) is 6.56. The van der Waals surface area contributed by atoms with Crippen molar-refractivity contribution in [1.29, 1.82) is 0 Å². The van der Waals surface area contributed by atoms with Crippen LogP contribution >= 0.6 is 0 Å². The van der Waals surface area contributed by atoms with Crippen molar-refractivity contribution in [2.24, 2.45) is 0 Å². The minimum absolute atomic E-state index is 0.0444. The van der Waals surface area contributed by atoms with Crippen molar-refractivity contribution >= 4 is 16.0 Å². The van der Waals surface area contributed by atoms with Crippen LogP contribution in [0.5, 0.6) is 23.0 Å². The van der Waals surface area contributed by atoms with Gasteiger partial charge in [0.1, 0.15) is 16.4 Å². The molecule has 2 aromatic rings. The SMILES string of the molecule is COc1ccc(C(=O)Oc2ccc3c(c2)OCO3)cc1S(=O)(=O)N1CCCC1. The zero-order valence-corrected chi connectivity index (χ0v) is 16.0. The number of rotatable bonds is 5. The van der Waals surface area contributed by atoms with Gasteiger partial charge < -0.3 is 18.9 Å². The van der Waals surface area contributed by atoms with E-state index in [-0.39, 0.29) is 28.8 Å². The van der Waals surface area contributed by atoms with Gasteiger partial charge in [-0.25, -0.2) is 13.2 Å². The fourth-order valence-electron chi connectivity index (χ4n) is 3.18. The van der Waals surface area contributed by atoms with Crippen LogP contribution in [-0.4, -0.2) is 45.7 Å². The number of esters is 1. The molecule has 2 aliphatic rings. The summed E-state index contributed by atoms with van der Waals surface area (Å²) in [5.74, 6) is 0.834. The Morgan fingerprint density at radius 2 is 1.79 bits per heavy atom. The highest BCUT2D eigenvalue weighted by Crippen LogP contribution is 2.35. The molecule has 1 fully saturated rings. The van der Waals surface area contributed by atoms with E-state index in [4.69, 9.17) is 18.9 Å². The van der Waals surface area contributed by atoms with Gasteiger partial charge in [-0.05, 0) is 43.2 Å². The van der Waals surface area contributed by atoms with Gasteiger partial charge >= 0.3 is 5.97 Å². The first kappa shape index (κ1) is 18.6. The van der Waals surface area contributed by atoms with Crippen molar-refractivity contribution in [3.63, 3.8) is 0 Å². The molecular weight excluding hydrogens is 386 g/mol. The van der Waals surface area contributed by atoms with Crippen molar-refractivity contribution in [2.75, 3.05) is 27.0 Å². The van der Waals surface area contributed by atoms with E-state index >= 15 is 0 Å². The number of carbonyl (C=O) groups is 1. The third-order valence-electron chi connectivity index (χ3n) is 4.64. The lowest BCUT2D eigenvalue weighted by molar-refractivity contribution is 0.0734. The summed E-state index contributed by atoms with van der Waals surface area (Å²) in [4.78, 5) is 12.5. The van der Waals surface area contributed by atoms with E-state index in [1.807, 2.05) is 0 Å². The van der Waals surface area contributed by atoms with E-state index in [0.717, 1.165) is 12.8 Å². The second-order valence-corrected chi connectivity index (χ2v) is 8.29. The number of nitrogens with zero attached hydrogens (tertiary/aromatic N) is 1. The summed E-state index contributed by atoms with van der Waals surface area (Å²) >= 11 is 0. The zero-order valence-electron chi connectivity index (χ0n) is 15.2. The Kier molecular flexibility index (Phi) is 4.86. The Labute approximate surface area is 162 Å². The molecule has 2 aromatic carbocycles. The van der Waals surface area contributed by atoms with E-state index in [9.17, 15) is 13.2 Å². The average Bonchev–Trinajstić information content (AvgIpc) is 3.39. The minimum atomic E-state index is -3.75. The van der Waals surface area contributed by atoms with E-state index < -0.39 is 16.0 Å². The molecule has 0 aliphatic carbocycles. The molecule has 2 aliphatic heterocycles. The monoisotopic (exact) mass is 405 g/mol. The first-order valence-corrected chi connectivity index (χ1v) is 10.2. The summed E-state index contributed by atoms with van der Waals surface area (Å²) in [7, 11) is -2.36. The van der Waals surface area contributed by atoms with Crippen molar-refractivity contribution in [3.05, 3.63) is 42.0 Å². The summed E-state index contributed by atoms with van der Waals surface area (Å²) < 4.78 is 48.3. The minimum Gasteiger partial charge on any atom is -0.495 e. The maximum absolute atomic E-state index is 12.9. The van der Waals surface area contributed by atoms with Crippen LogP contribution in [0.4, 0.5) is 0 Å². The molecular formula is C19H19NO7S. The van der Waals surface area contributed by atoms with Gasteiger partial charge in [-0.2, -0.15) is 4.31 Å². The van der Waals surface area contributed by atoms with E-state index in [1.54, 1.807) is 18.2 Å². The standard InChI is InChI=1S/C19H19NO7S/c1-24-16-6-4-13(10-18(16)28(22,23)20-8-2-3-9-20)19(21)27-14-5-7-15-17(11-14)26-12-25-15/h4-7,10-11H,2-3,8-9,12H2,1H3. The summed E-state index contributed by atoms with van der Waals surface area (Å²) in [6.07, 6.45) is 1.63. The fraction of sp³-hybridized carbons (Fsp3) is 0.316. The summed E-state index contributed by atoms with van der Waals surface area (Å²) in [5.41, 5.74) is 0.108. The van der Waals surface area contributed by atoms with Crippen LogP contribution in [0, 0.1) is 0 Å². The largest absolute Gasteiger partial charge is 0.495 e. The Morgan fingerprint density at radius 3 is 2.54 bits per heavy atom. The number of hydrogen-bond donors (Lipinski definition) is 0. The molecule has 0 aromatic heterocycles. The number of fused-ring (bicyclic) bond motifs is 1. The van der Waals surface area contributed by atoms with Gasteiger partial charge in [0, 0.05) is 19.2 Å². The molecule has 0 amide bonds. The van der Waals surface area contributed by atoms with Gasteiger partial charge in [0.15, 0.2) is 11.5 Å². The van der Waals surface area contributed by atoms with Crippen LogP contribution in [0.3, 0.4) is 0 Å². The molecule has 1 saturated heterocycles. The van der Waals surface area contributed by atoms with E-state index in [1.165, 1.54) is 29.6 Å². The molecule has 4 rings (SSSR count). The number of carbonyl (C=O) groups excluding carboxylic acids is 1. The van der Waals surface area contributed by atoms with Gasteiger partial charge in [0.2, 0.25) is 16.8 Å². The highest BCUT2D eigenvalue weighted by atomic mass is 32.2. The molecule has 9 heteroatoms. The van der Waals surface area contributed by atoms with Crippen LogP contribution in [0.1, 0.15) is 23.2 Å². The van der Waals surface area contributed by atoms with Crippen LogP contribution < -0.4 is 18.9 Å². The van der Waals surface area contributed by atoms with Crippen LogP contribution in [0.15, 0.2) is 41.3 Å². The van der Waals surface area contributed by atoms with Crippen molar-refractivity contribution < 1.29 is 32.2 Å². The molecule has 8 nitrogen and oxygen atoms in total. The van der Waals surface area contributed by atoms with Crippen LogP contribution in [0.25, 0.3) is 0 Å². The first-order valence-electron chi connectivity index (χ1n) is 8.79. The lowest BCUT2D eigenvalue weighted by Crippen LogP contribution is -2.28. The quantitative estimate of drug-likeness (QED) is 0.557. The second kappa shape index (κ2) is 7.33. The summed E-state index contributed by atoms with van der Waals surface area (Å²) in [6, 6.07) is 8.99. The molecule has 2 heterocycles. The average molecular weight is 405 g/mol. The maximum atomic E-state index is 12.9. The van der Waals surface area contributed by atoms with Gasteiger partial charge in [0.05, 0.1) is 12.7 Å². The molecule has 0 atom stereocenters. The van der Waals surface area contributed by atoms with Crippen molar-refractivity contribution in [2.45, 2.75) is 17.7 Å². The molecule has 28 heavy (non-hydrogen) atoms. The normalized spacial score (nSPS) is 16.2. The summed E-state index contributed by atoms with van der Waals surface area (Å²) in [6.45, 7) is 1.03. The van der Waals surface area contributed by atoms with Gasteiger partial charge in [0.25, 0.3) is 0 Å². The lowest BCUT2D eigenvalue weighted by Gasteiger charge is -2.18. The molecule has 0 N–H and O–H groups in total. The lowest BCUT2D eigenvalue weighted by atomic mass is 10.2. The summed E-state index contributed by atoms with van der Waals surface area (Å²) in [5, 5.41) is 0. The van der Waals surface area contributed by atoms with Gasteiger partial charge in [-0.3, -0.25) is 0 Å². The molecule has 0 bridgehead atoms. The number of methoxy groups -OCH3 is 1. The van der Waals surface area contributed by atoms with Crippen molar-refractivity contribution in [3.8, 4) is 23.0 Å². The third kappa shape index (κ3) is 3.38. The zero-order chi connectivity index (χ0) is 19.7. The molecule has 0 radical (unpaired) electrons. The Morgan fingerprint density at radius 1 is 1.04 bits per heavy atom. The molecule has 0 unspecified atom stereocenters. The topological polar surface area (TPSA) is 91.4 Å². The number of benzene rings is 2. The fourth-order valence-corrected chi connectivity index (χ4v) is 4.88. The molecule has 0 saturated carbocycles. The number of sulfonamides is 1. The first-order chi connectivity index (χ1) is 13.5. The Hall–Kier alpha value is -2.78. The number of hydrogen-bond acceptors (Lipinski definition) is 7. The Balaban J connectivity index is 1.62. The highest BCUT2D eigenvalue weighted by Gasteiger charge is 2.31.